The largest absolute Gasteiger partial charge is 0.489 e. The van der Waals surface area contributed by atoms with E-state index in [9.17, 15) is 0 Å². The van der Waals surface area contributed by atoms with Gasteiger partial charge in [0, 0.05) is 24.7 Å². The van der Waals surface area contributed by atoms with E-state index in [4.69, 9.17) is 15.2 Å². The molecular formula is C16H26N3O2+. The van der Waals surface area contributed by atoms with Crippen LogP contribution in [0.15, 0.2) is 18.2 Å². The van der Waals surface area contributed by atoms with Gasteiger partial charge in [-0.15, -0.1) is 0 Å². The zero-order valence-corrected chi connectivity index (χ0v) is 12.9. The Kier molecular flexibility index (Phi) is 4.22. The Hall–Kier alpha value is -1.46. The van der Waals surface area contributed by atoms with Gasteiger partial charge in [-0.05, 0) is 12.1 Å². The smallest absolute Gasteiger partial charge is 0.144 e. The molecule has 5 heteroatoms. The molecule has 0 aromatic heterocycles. The number of nitrogen functional groups attached to an aromatic ring is 1. The molecule has 2 aliphatic heterocycles. The van der Waals surface area contributed by atoms with Gasteiger partial charge >= 0.3 is 0 Å². The van der Waals surface area contributed by atoms with E-state index >= 15 is 0 Å². The number of quaternary nitrogens is 1. The van der Waals surface area contributed by atoms with Crippen molar-refractivity contribution in [2.75, 3.05) is 70.2 Å². The first-order chi connectivity index (χ1) is 10.2. The van der Waals surface area contributed by atoms with Crippen molar-refractivity contribution >= 4 is 11.4 Å². The summed E-state index contributed by atoms with van der Waals surface area (Å²) in [6.45, 7) is 8.07. The second-order valence-electron chi connectivity index (χ2n) is 6.32. The summed E-state index contributed by atoms with van der Waals surface area (Å²) < 4.78 is 12.3. The topological polar surface area (TPSA) is 47.7 Å². The molecule has 0 saturated carbocycles. The number of hydrogen-bond acceptors (Lipinski definition) is 4. The maximum absolute atomic E-state index is 5.83. The Morgan fingerprint density at radius 3 is 2.86 bits per heavy atom. The van der Waals surface area contributed by atoms with Crippen LogP contribution in [0.2, 0.25) is 0 Å². The van der Waals surface area contributed by atoms with Gasteiger partial charge in [0.1, 0.15) is 25.4 Å². The van der Waals surface area contributed by atoms with Gasteiger partial charge < -0.3 is 24.6 Å². The van der Waals surface area contributed by atoms with Crippen LogP contribution >= 0.6 is 0 Å². The summed E-state index contributed by atoms with van der Waals surface area (Å²) >= 11 is 0. The van der Waals surface area contributed by atoms with Crippen molar-refractivity contribution in [3.05, 3.63) is 18.2 Å². The van der Waals surface area contributed by atoms with Crippen LogP contribution in [0.3, 0.4) is 0 Å². The van der Waals surface area contributed by atoms with Crippen molar-refractivity contribution in [2.45, 2.75) is 6.42 Å². The zero-order valence-electron chi connectivity index (χ0n) is 12.9. The molecule has 21 heavy (non-hydrogen) atoms. The second kappa shape index (κ2) is 6.12. The fourth-order valence-electron chi connectivity index (χ4n) is 3.18. The van der Waals surface area contributed by atoms with E-state index in [0.29, 0.717) is 0 Å². The SMILES string of the molecule is C[N+]1(CCCN2CCOc3cc(N)ccc32)CCOCC1. The third-order valence-corrected chi connectivity index (χ3v) is 4.62. The van der Waals surface area contributed by atoms with Crippen LogP contribution in [-0.2, 0) is 4.74 Å². The number of hydrogen-bond donors (Lipinski definition) is 1. The standard InChI is InChI=1S/C16H26N3O2/c1-19(8-11-20-12-9-19)7-2-5-18-6-10-21-16-13-14(17)3-4-15(16)18/h3-4,13H,2,5-12,17H2,1H3/q+1. The first kappa shape index (κ1) is 14.5. The molecule has 1 saturated heterocycles. The third-order valence-electron chi connectivity index (χ3n) is 4.62. The molecule has 0 spiro atoms. The number of morpholine rings is 1. The minimum atomic E-state index is 0.746. The van der Waals surface area contributed by atoms with Crippen LogP contribution in [-0.4, -0.2) is 64.1 Å². The van der Waals surface area contributed by atoms with Gasteiger partial charge in [-0.3, -0.25) is 0 Å². The van der Waals surface area contributed by atoms with E-state index in [2.05, 4.69) is 18.0 Å². The van der Waals surface area contributed by atoms with Crippen LogP contribution in [0.25, 0.3) is 0 Å². The highest BCUT2D eigenvalue weighted by atomic mass is 16.5. The molecule has 0 aliphatic carbocycles. The Morgan fingerprint density at radius 1 is 1.24 bits per heavy atom. The van der Waals surface area contributed by atoms with Gasteiger partial charge in [-0.25, -0.2) is 0 Å². The lowest BCUT2D eigenvalue weighted by atomic mass is 10.2. The molecule has 2 heterocycles. The van der Waals surface area contributed by atoms with Crippen molar-refractivity contribution in [1.29, 1.82) is 0 Å². The van der Waals surface area contributed by atoms with Gasteiger partial charge in [0.15, 0.2) is 0 Å². The first-order valence-corrected chi connectivity index (χ1v) is 7.85. The van der Waals surface area contributed by atoms with Crippen molar-refractivity contribution in [2.24, 2.45) is 0 Å². The summed E-state index contributed by atoms with van der Waals surface area (Å²) in [6, 6.07) is 5.96. The fourth-order valence-corrected chi connectivity index (χ4v) is 3.18. The lowest BCUT2D eigenvalue weighted by Gasteiger charge is -2.38. The van der Waals surface area contributed by atoms with E-state index in [1.165, 1.54) is 18.7 Å². The van der Waals surface area contributed by atoms with Crippen LogP contribution in [0.1, 0.15) is 6.42 Å². The molecule has 0 unspecified atom stereocenters. The highest BCUT2D eigenvalue weighted by molar-refractivity contribution is 5.64. The third kappa shape index (κ3) is 3.41. The van der Waals surface area contributed by atoms with Crippen molar-refractivity contribution in [1.82, 2.24) is 0 Å². The number of nitrogens with two attached hydrogens (primary N) is 1. The average molecular weight is 292 g/mol. The minimum absolute atomic E-state index is 0.746. The summed E-state index contributed by atoms with van der Waals surface area (Å²) in [5, 5.41) is 0. The molecular weight excluding hydrogens is 266 g/mol. The van der Waals surface area contributed by atoms with Crippen LogP contribution in [0, 0.1) is 0 Å². The molecule has 1 aromatic carbocycles. The van der Waals surface area contributed by atoms with E-state index in [-0.39, 0.29) is 0 Å². The van der Waals surface area contributed by atoms with E-state index < -0.39 is 0 Å². The predicted molar refractivity (Wildman–Crippen MR) is 84.8 cm³/mol. The number of ether oxygens (including phenoxy) is 2. The summed E-state index contributed by atoms with van der Waals surface area (Å²) in [6.07, 6.45) is 1.19. The van der Waals surface area contributed by atoms with Gasteiger partial charge in [0.05, 0.1) is 39.0 Å². The monoisotopic (exact) mass is 292 g/mol. The Morgan fingerprint density at radius 2 is 2.05 bits per heavy atom. The summed E-state index contributed by atoms with van der Waals surface area (Å²) in [7, 11) is 2.34. The number of benzene rings is 1. The molecule has 2 N–H and O–H groups in total. The molecule has 5 nitrogen and oxygen atoms in total. The molecule has 0 radical (unpaired) electrons. The Bertz CT molecular complexity index is 486. The molecule has 116 valence electrons. The first-order valence-electron chi connectivity index (χ1n) is 7.85. The number of anilines is 2. The molecule has 1 aromatic rings. The van der Waals surface area contributed by atoms with Gasteiger partial charge in [0.2, 0.25) is 0 Å². The summed E-state index contributed by atoms with van der Waals surface area (Å²) in [5.41, 5.74) is 7.78. The Labute approximate surface area is 126 Å². The minimum Gasteiger partial charge on any atom is -0.489 e. The van der Waals surface area contributed by atoms with Crippen molar-refractivity contribution in [3.63, 3.8) is 0 Å². The quantitative estimate of drug-likeness (QED) is 0.672. The summed E-state index contributed by atoms with van der Waals surface area (Å²) in [5.74, 6) is 0.924. The average Bonchev–Trinajstić information content (AvgIpc) is 2.47. The highest BCUT2D eigenvalue weighted by Gasteiger charge is 2.25. The maximum atomic E-state index is 5.83. The highest BCUT2D eigenvalue weighted by Crippen LogP contribution is 2.33. The zero-order chi connectivity index (χ0) is 14.7. The number of fused-ring (bicyclic) bond motifs is 1. The van der Waals surface area contributed by atoms with E-state index in [1.807, 2.05) is 12.1 Å². The lowest BCUT2D eigenvalue weighted by Crippen LogP contribution is -2.53. The van der Waals surface area contributed by atoms with E-state index in [0.717, 1.165) is 61.9 Å². The number of likely N-dealkylation sites (N-methyl/N-ethyl adjacent to an activating group) is 1. The number of rotatable bonds is 4. The van der Waals surface area contributed by atoms with Gasteiger partial charge in [-0.1, -0.05) is 0 Å². The van der Waals surface area contributed by atoms with Crippen LogP contribution in [0.5, 0.6) is 5.75 Å². The van der Waals surface area contributed by atoms with Crippen LogP contribution < -0.4 is 15.4 Å². The maximum Gasteiger partial charge on any atom is 0.144 e. The molecule has 1 fully saturated rings. The normalized spacial score (nSPS) is 20.7. The number of nitrogens with zero attached hydrogens (tertiary/aromatic N) is 2. The molecule has 2 aliphatic rings. The Balaban J connectivity index is 1.57. The van der Waals surface area contributed by atoms with Crippen LogP contribution in [0.4, 0.5) is 11.4 Å². The lowest BCUT2D eigenvalue weighted by molar-refractivity contribution is -0.916. The fraction of sp³-hybridized carbons (Fsp3) is 0.625. The molecule has 0 amide bonds. The summed E-state index contributed by atoms with van der Waals surface area (Å²) in [4.78, 5) is 2.42. The predicted octanol–water partition coefficient (Wildman–Crippen LogP) is 1.33. The van der Waals surface area contributed by atoms with Gasteiger partial charge in [-0.2, -0.15) is 0 Å². The van der Waals surface area contributed by atoms with Crippen molar-refractivity contribution < 1.29 is 14.0 Å². The van der Waals surface area contributed by atoms with Gasteiger partial charge in [0.25, 0.3) is 0 Å². The second-order valence-corrected chi connectivity index (χ2v) is 6.32. The van der Waals surface area contributed by atoms with E-state index in [1.54, 1.807) is 0 Å². The molecule has 3 rings (SSSR count). The van der Waals surface area contributed by atoms with Crippen molar-refractivity contribution in [3.8, 4) is 5.75 Å². The molecule has 0 atom stereocenters. The molecule has 0 bridgehead atoms.